The van der Waals surface area contributed by atoms with Crippen molar-refractivity contribution in [1.29, 1.82) is 0 Å². The lowest BCUT2D eigenvalue weighted by atomic mass is 10.2. The zero-order chi connectivity index (χ0) is 13.1. The monoisotopic (exact) mass is 240 g/mol. The van der Waals surface area contributed by atoms with E-state index in [0.717, 1.165) is 0 Å². The lowest BCUT2D eigenvalue weighted by Crippen LogP contribution is -2.31. The predicted octanol–water partition coefficient (Wildman–Crippen LogP) is 0.974. The molecule has 1 aromatic heterocycles. The molecule has 1 heterocycles. The Balaban J connectivity index is 2.94. The molecular formula is C14H12N2O2. The number of hydrogen-bond donors (Lipinski definition) is 2. The second kappa shape index (κ2) is 4.71. The van der Waals surface area contributed by atoms with Gasteiger partial charge in [0.2, 0.25) is 0 Å². The Hall–Kier alpha value is -2.62. The molecule has 2 N–H and O–H groups in total. The summed E-state index contributed by atoms with van der Waals surface area (Å²) in [5.41, 5.74) is 0.999. The molecule has 1 aromatic carbocycles. The number of aromatic hydroxyl groups is 2. The van der Waals surface area contributed by atoms with Crippen LogP contribution in [0.15, 0.2) is 37.4 Å². The average Bonchev–Trinajstić information content (AvgIpc) is 2.33. The first-order chi connectivity index (χ1) is 8.65. The highest BCUT2D eigenvalue weighted by Crippen LogP contribution is 2.27. The van der Waals surface area contributed by atoms with Crippen molar-refractivity contribution in [2.24, 2.45) is 0 Å². The Bertz CT molecular complexity index is 684. The highest BCUT2D eigenvalue weighted by molar-refractivity contribution is 5.78. The molecule has 0 unspecified atom stereocenters. The van der Waals surface area contributed by atoms with Gasteiger partial charge in [-0.1, -0.05) is 25.3 Å². The third-order valence-corrected chi connectivity index (χ3v) is 2.37. The van der Waals surface area contributed by atoms with E-state index in [2.05, 4.69) is 23.1 Å². The number of aromatic nitrogens is 2. The molecule has 0 saturated carbocycles. The van der Waals surface area contributed by atoms with Crippen molar-refractivity contribution in [1.82, 2.24) is 9.97 Å². The summed E-state index contributed by atoms with van der Waals surface area (Å²) >= 11 is 0. The van der Waals surface area contributed by atoms with E-state index in [4.69, 9.17) is 0 Å². The molecule has 2 aromatic rings. The van der Waals surface area contributed by atoms with Gasteiger partial charge < -0.3 is 10.2 Å². The van der Waals surface area contributed by atoms with Crippen molar-refractivity contribution in [3.05, 3.63) is 48.1 Å². The number of benzene rings is 1. The molecule has 0 aliphatic heterocycles. The maximum Gasteiger partial charge on any atom is 0.159 e. The first kappa shape index (κ1) is 11.9. The van der Waals surface area contributed by atoms with Gasteiger partial charge in [-0.05, 0) is 12.2 Å². The van der Waals surface area contributed by atoms with Crippen LogP contribution in [0.5, 0.6) is 11.5 Å². The molecule has 0 saturated heterocycles. The minimum atomic E-state index is -0.221. The van der Waals surface area contributed by atoms with Gasteiger partial charge in [-0.3, -0.25) is 0 Å². The van der Waals surface area contributed by atoms with Crippen LogP contribution in [-0.4, -0.2) is 20.2 Å². The lowest BCUT2D eigenvalue weighted by molar-refractivity contribution is 0.404. The van der Waals surface area contributed by atoms with Crippen LogP contribution in [0.3, 0.4) is 0 Å². The van der Waals surface area contributed by atoms with Gasteiger partial charge in [0.1, 0.15) is 0 Å². The molecule has 4 heteroatoms. The Kier molecular flexibility index (Phi) is 3.10. The number of rotatable bonds is 2. The molecule has 0 atom stereocenters. The number of phenols is 2. The van der Waals surface area contributed by atoms with Crippen LogP contribution in [0.4, 0.5) is 0 Å². The quantitative estimate of drug-likeness (QED) is 0.768. The van der Waals surface area contributed by atoms with Gasteiger partial charge in [-0.15, -0.1) is 0 Å². The minimum absolute atomic E-state index is 0.221. The van der Waals surface area contributed by atoms with Crippen LogP contribution in [0.25, 0.3) is 23.2 Å². The minimum Gasteiger partial charge on any atom is -0.504 e. The number of hydrogen-bond acceptors (Lipinski definition) is 4. The smallest absolute Gasteiger partial charge is 0.159 e. The van der Waals surface area contributed by atoms with Crippen LogP contribution in [0.2, 0.25) is 0 Å². The van der Waals surface area contributed by atoms with Crippen molar-refractivity contribution in [2.45, 2.75) is 0 Å². The topological polar surface area (TPSA) is 66.2 Å². The van der Waals surface area contributed by atoms with E-state index in [1.54, 1.807) is 24.3 Å². The number of nitrogens with zero attached hydrogens (tertiary/aromatic N) is 2. The lowest BCUT2D eigenvalue weighted by Gasteiger charge is -2.01. The molecule has 0 bridgehead atoms. The van der Waals surface area contributed by atoms with Crippen LogP contribution in [0.1, 0.15) is 0 Å². The summed E-state index contributed by atoms with van der Waals surface area (Å²) in [5, 5.41) is 20.1. The number of phenolic OH excluding ortho intramolecular Hbond substituents is 2. The van der Waals surface area contributed by atoms with E-state index in [9.17, 15) is 10.2 Å². The maximum absolute atomic E-state index is 9.44. The normalized spacial score (nSPS) is 12.9. The van der Waals surface area contributed by atoms with E-state index in [0.29, 0.717) is 21.7 Å². The van der Waals surface area contributed by atoms with E-state index < -0.39 is 0 Å². The van der Waals surface area contributed by atoms with Gasteiger partial charge >= 0.3 is 0 Å². The fourth-order valence-corrected chi connectivity index (χ4v) is 1.58. The van der Waals surface area contributed by atoms with Crippen LogP contribution in [0, 0.1) is 0 Å². The van der Waals surface area contributed by atoms with Gasteiger partial charge in [0.25, 0.3) is 0 Å². The summed E-state index contributed by atoms with van der Waals surface area (Å²) in [6, 6.07) is 2.74. The summed E-state index contributed by atoms with van der Waals surface area (Å²) in [6.07, 6.45) is 6.64. The Morgan fingerprint density at radius 2 is 1.22 bits per heavy atom. The highest BCUT2D eigenvalue weighted by Gasteiger charge is 2.04. The zero-order valence-electron chi connectivity index (χ0n) is 9.67. The van der Waals surface area contributed by atoms with E-state index >= 15 is 0 Å². The Morgan fingerprint density at radius 1 is 0.833 bits per heavy atom. The van der Waals surface area contributed by atoms with Crippen LogP contribution >= 0.6 is 0 Å². The fourth-order valence-electron chi connectivity index (χ4n) is 1.58. The molecule has 0 radical (unpaired) electrons. The summed E-state index contributed by atoms with van der Waals surface area (Å²) in [7, 11) is 0. The largest absolute Gasteiger partial charge is 0.504 e. The molecule has 0 aliphatic rings. The van der Waals surface area contributed by atoms with Crippen LogP contribution in [-0.2, 0) is 0 Å². The average molecular weight is 240 g/mol. The molecule has 0 amide bonds. The molecule has 0 spiro atoms. The van der Waals surface area contributed by atoms with E-state index in [-0.39, 0.29) is 11.5 Å². The first-order valence-electron chi connectivity index (χ1n) is 5.31. The van der Waals surface area contributed by atoms with Gasteiger partial charge in [-0.25, -0.2) is 9.97 Å². The van der Waals surface area contributed by atoms with E-state index in [1.165, 1.54) is 12.1 Å². The second-order valence-corrected chi connectivity index (χ2v) is 3.63. The molecule has 2 rings (SSSR count). The van der Waals surface area contributed by atoms with Gasteiger partial charge in [-0.2, -0.15) is 0 Å². The van der Waals surface area contributed by atoms with Crippen molar-refractivity contribution in [3.8, 4) is 11.5 Å². The molecule has 4 nitrogen and oxygen atoms in total. The second-order valence-electron chi connectivity index (χ2n) is 3.63. The Labute approximate surface area is 104 Å². The standard InChI is InChI=1S/C14H12N2O2/c1-3-5-9-10(6-4-2)16-12-8-14(18)13(17)7-11(12)15-9/h3-8,17-18H,1-2H2/b9-5+,10-6+. The van der Waals surface area contributed by atoms with Gasteiger partial charge in [0, 0.05) is 12.1 Å². The summed E-state index contributed by atoms with van der Waals surface area (Å²) in [4.78, 5) is 8.69. The van der Waals surface area contributed by atoms with Crippen LogP contribution < -0.4 is 10.7 Å². The van der Waals surface area contributed by atoms with E-state index in [1.807, 2.05) is 0 Å². The first-order valence-corrected chi connectivity index (χ1v) is 5.31. The molecule has 18 heavy (non-hydrogen) atoms. The van der Waals surface area contributed by atoms with Crippen molar-refractivity contribution in [2.75, 3.05) is 0 Å². The van der Waals surface area contributed by atoms with Gasteiger partial charge in [0.05, 0.1) is 21.7 Å². The van der Waals surface area contributed by atoms with Crippen molar-refractivity contribution < 1.29 is 10.2 Å². The number of fused-ring (bicyclic) bond motifs is 1. The fraction of sp³-hybridized carbons (Fsp3) is 0. The molecular weight excluding hydrogens is 228 g/mol. The third-order valence-electron chi connectivity index (χ3n) is 2.37. The van der Waals surface area contributed by atoms with Crippen molar-refractivity contribution in [3.63, 3.8) is 0 Å². The predicted molar refractivity (Wildman–Crippen MR) is 71.4 cm³/mol. The molecule has 0 fully saturated rings. The number of allylic oxidation sites excluding steroid dienone is 2. The Morgan fingerprint density at radius 3 is 1.56 bits per heavy atom. The SMILES string of the molecule is C=C/C=c1/nc2cc(O)c(O)cc2n/c1=C/C=C. The third kappa shape index (κ3) is 2.08. The molecule has 0 aliphatic carbocycles. The zero-order valence-corrected chi connectivity index (χ0v) is 9.67. The summed E-state index contributed by atoms with van der Waals surface area (Å²) in [5.74, 6) is -0.441. The molecule has 90 valence electrons. The summed E-state index contributed by atoms with van der Waals surface area (Å²) < 4.78 is 0. The van der Waals surface area contributed by atoms with Crippen molar-refractivity contribution >= 4 is 23.2 Å². The summed E-state index contributed by atoms with van der Waals surface area (Å²) in [6.45, 7) is 7.23. The highest BCUT2D eigenvalue weighted by atomic mass is 16.3. The van der Waals surface area contributed by atoms with Gasteiger partial charge in [0.15, 0.2) is 11.5 Å². The maximum atomic E-state index is 9.44.